The lowest BCUT2D eigenvalue weighted by atomic mass is 10.0. The van der Waals surface area contributed by atoms with Crippen LogP contribution in [-0.2, 0) is 0 Å². The highest BCUT2D eigenvalue weighted by molar-refractivity contribution is 6.07. The fourth-order valence-corrected chi connectivity index (χ4v) is 3.87. The molecule has 0 radical (unpaired) electrons. The van der Waals surface area contributed by atoms with Crippen LogP contribution in [-0.4, -0.2) is 41.5 Å². The Morgan fingerprint density at radius 3 is 2.78 bits per heavy atom. The molecule has 1 N–H and O–H groups in total. The second-order valence-electron chi connectivity index (χ2n) is 7.03. The quantitative estimate of drug-likeness (QED) is 0.741. The molecule has 2 aromatic heterocycles. The number of para-hydroxylation sites is 1. The van der Waals surface area contributed by atoms with Gasteiger partial charge in [0.25, 0.3) is 5.91 Å². The largest absolute Gasteiger partial charge is 0.463 e. The maximum absolute atomic E-state index is 13.6. The predicted molar refractivity (Wildman–Crippen MR) is 107 cm³/mol. The van der Waals surface area contributed by atoms with Crippen molar-refractivity contribution in [1.82, 2.24) is 15.2 Å². The lowest BCUT2D eigenvalue weighted by Crippen LogP contribution is -2.46. The molecule has 0 bridgehead atoms. The van der Waals surface area contributed by atoms with Gasteiger partial charge in [-0.2, -0.15) is 0 Å². The van der Waals surface area contributed by atoms with E-state index in [9.17, 15) is 4.79 Å². The van der Waals surface area contributed by atoms with Gasteiger partial charge in [-0.1, -0.05) is 25.1 Å². The summed E-state index contributed by atoms with van der Waals surface area (Å²) >= 11 is 0. The number of pyridine rings is 1. The number of nitrogens with zero attached hydrogens (tertiary/aromatic N) is 2. The van der Waals surface area contributed by atoms with Gasteiger partial charge in [0.05, 0.1) is 17.3 Å². The van der Waals surface area contributed by atoms with Gasteiger partial charge >= 0.3 is 0 Å². The number of hydrogen-bond donors (Lipinski definition) is 1. The van der Waals surface area contributed by atoms with Gasteiger partial charge in [0.2, 0.25) is 0 Å². The third-order valence-electron chi connectivity index (χ3n) is 5.20. The summed E-state index contributed by atoms with van der Waals surface area (Å²) < 4.78 is 5.53. The van der Waals surface area contributed by atoms with E-state index < -0.39 is 0 Å². The first kappa shape index (κ1) is 17.7. The van der Waals surface area contributed by atoms with Crippen LogP contribution in [0.2, 0.25) is 0 Å². The van der Waals surface area contributed by atoms with Gasteiger partial charge in [0.1, 0.15) is 5.69 Å². The molecule has 140 valence electrons. The third kappa shape index (κ3) is 3.60. The Morgan fingerprint density at radius 2 is 2.04 bits per heavy atom. The molecule has 1 saturated heterocycles. The Kier molecular flexibility index (Phi) is 5.21. The van der Waals surface area contributed by atoms with Crippen molar-refractivity contribution in [2.24, 2.45) is 0 Å². The number of hydrogen-bond acceptors (Lipinski definition) is 4. The summed E-state index contributed by atoms with van der Waals surface area (Å²) in [6.45, 7) is 4.83. The van der Waals surface area contributed by atoms with E-state index in [4.69, 9.17) is 9.40 Å². The number of furan rings is 1. The average Bonchev–Trinajstić information content (AvgIpc) is 3.26. The third-order valence-corrected chi connectivity index (χ3v) is 5.20. The minimum absolute atomic E-state index is 0.0927. The Balaban J connectivity index is 1.79. The minimum atomic E-state index is 0.0927. The molecule has 5 nitrogen and oxygen atoms in total. The number of benzene rings is 1. The second-order valence-corrected chi connectivity index (χ2v) is 7.03. The fraction of sp³-hybridized carbons (Fsp3) is 0.364. The van der Waals surface area contributed by atoms with Crippen LogP contribution in [0.15, 0.2) is 53.1 Å². The zero-order valence-electron chi connectivity index (χ0n) is 15.6. The first-order valence-corrected chi connectivity index (χ1v) is 9.73. The maximum atomic E-state index is 13.6. The first-order chi connectivity index (χ1) is 13.3. The van der Waals surface area contributed by atoms with Crippen molar-refractivity contribution in [3.63, 3.8) is 0 Å². The summed E-state index contributed by atoms with van der Waals surface area (Å²) in [6, 6.07) is 13.7. The van der Waals surface area contributed by atoms with Gasteiger partial charge in [-0.15, -0.1) is 0 Å². The summed E-state index contributed by atoms with van der Waals surface area (Å²) in [5.41, 5.74) is 2.22. The van der Waals surface area contributed by atoms with Crippen LogP contribution in [0.4, 0.5) is 0 Å². The smallest absolute Gasteiger partial charge is 0.254 e. The van der Waals surface area contributed by atoms with E-state index in [1.165, 1.54) is 0 Å². The Hall–Kier alpha value is -2.66. The van der Waals surface area contributed by atoms with Gasteiger partial charge in [-0.3, -0.25) is 4.79 Å². The standard InChI is InChI=1S/C22H25N3O2/c1-2-13-25(16-9-11-23-12-10-16)22(26)18-15-20(21-8-5-14-27-21)24-19-7-4-3-6-17(18)19/h3-8,14-16,23H,2,9-13H2,1H3. The lowest BCUT2D eigenvalue weighted by molar-refractivity contribution is 0.0644. The Bertz CT molecular complexity index is 914. The van der Waals surface area contributed by atoms with Crippen LogP contribution in [0.3, 0.4) is 0 Å². The molecular formula is C22H25N3O2. The molecule has 1 aromatic carbocycles. The van der Waals surface area contributed by atoms with E-state index in [1.807, 2.05) is 42.5 Å². The average molecular weight is 363 g/mol. The summed E-state index contributed by atoms with van der Waals surface area (Å²) in [5.74, 6) is 0.772. The molecule has 0 saturated carbocycles. The van der Waals surface area contributed by atoms with E-state index in [-0.39, 0.29) is 11.9 Å². The van der Waals surface area contributed by atoms with Gasteiger partial charge < -0.3 is 14.6 Å². The van der Waals surface area contributed by atoms with E-state index in [2.05, 4.69) is 17.1 Å². The number of piperidine rings is 1. The number of amides is 1. The number of carbonyl (C=O) groups excluding carboxylic acids is 1. The van der Waals surface area contributed by atoms with Gasteiger partial charge in [-0.25, -0.2) is 4.98 Å². The Morgan fingerprint density at radius 1 is 1.22 bits per heavy atom. The van der Waals surface area contributed by atoms with Crippen LogP contribution in [0.25, 0.3) is 22.4 Å². The first-order valence-electron chi connectivity index (χ1n) is 9.73. The number of rotatable bonds is 5. The van der Waals surface area contributed by atoms with Crippen molar-refractivity contribution < 1.29 is 9.21 Å². The molecule has 1 fully saturated rings. The predicted octanol–water partition coefficient (Wildman–Crippen LogP) is 4.10. The molecule has 3 aromatic rings. The molecule has 0 atom stereocenters. The van der Waals surface area contributed by atoms with Crippen molar-refractivity contribution in [3.8, 4) is 11.5 Å². The summed E-state index contributed by atoms with van der Waals surface area (Å²) in [6.07, 6.45) is 4.58. The van der Waals surface area contributed by atoms with Crippen LogP contribution >= 0.6 is 0 Å². The van der Waals surface area contributed by atoms with Crippen molar-refractivity contribution in [3.05, 3.63) is 54.3 Å². The number of aromatic nitrogens is 1. The molecule has 4 rings (SSSR count). The number of carbonyl (C=O) groups is 1. The van der Waals surface area contributed by atoms with E-state index in [1.54, 1.807) is 6.26 Å². The van der Waals surface area contributed by atoms with E-state index >= 15 is 0 Å². The monoisotopic (exact) mass is 363 g/mol. The zero-order chi connectivity index (χ0) is 18.6. The summed E-state index contributed by atoms with van der Waals surface area (Å²) in [4.78, 5) is 20.4. The molecule has 0 spiro atoms. The van der Waals surface area contributed by atoms with Crippen LogP contribution in [0.5, 0.6) is 0 Å². The normalized spacial score (nSPS) is 15.1. The van der Waals surface area contributed by atoms with E-state index in [0.717, 1.165) is 49.8 Å². The van der Waals surface area contributed by atoms with Gasteiger partial charge in [-0.05, 0) is 56.6 Å². The highest BCUT2D eigenvalue weighted by Crippen LogP contribution is 2.27. The maximum Gasteiger partial charge on any atom is 0.254 e. The number of nitrogens with one attached hydrogen (secondary N) is 1. The highest BCUT2D eigenvalue weighted by atomic mass is 16.3. The van der Waals surface area contributed by atoms with E-state index in [0.29, 0.717) is 17.0 Å². The molecule has 5 heteroatoms. The Labute approximate surface area is 159 Å². The van der Waals surface area contributed by atoms with Crippen LogP contribution < -0.4 is 5.32 Å². The van der Waals surface area contributed by atoms with Crippen LogP contribution in [0, 0.1) is 0 Å². The topological polar surface area (TPSA) is 58.4 Å². The minimum Gasteiger partial charge on any atom is -0.463 e. The number of fused-ring (bicyclic) bond motifs is 1. The lowest BCUT2D eigenvalue weighted by Gasteiger charge is -2.35. The molecule has 1 aliphatic heterocycles. The van der Waals surface area contributed by atoms with Crippen molar-refractivity contribution in [1.29, 1.82) is 0 Å². The highest BCUT2D eigenvalue weighted by Gasteiger charge is 2.27. The summed E-state index contributed by atoms with van der Waals surface area (Å²) in [7, 11) is 0. The van der Waals surface area contributed by atoms with Gasteiger partial charge in [0, 0.05) is 18.0 Å². The molecule has 0 unspecified atom stereocenters. The molecule has 1 amide bonds. The molecular weight excluding hydrogens is 338 g/mol. The molecule has 27 heavy (non-hydrogen) atoms. The van der Waals surface area contributed by atoms with Crippen molar-refractivity contribution >= 4 is 16.8 Å². The summed E-state index contributed by atoms with van der Waals surface area (Å²) in [5, 5.41) is 4.28. The van der Waals surface area contributed by atoms with Crippen LogP contribution in [0.1, 0.15) is 36.5 Å². The SMILES string of the molecule is CCCN(C(=O)c1cc(-c2ccco2)nc2ccccc12)C1CCNCC1. The molecule has 3 heterocycles. The fourth-order valence-electron chi connectivity index (χ4n) is 3.87. The molecule has 1 aliphatic rings. The zero-order valence-corrected chi connectivity index (χ0v) is 15.6. The van der Waals surface area contributed by atoms with Crippen molar-refractivity contribution in [2.75, 3.05) is 19.6 Å². The second kappa shape index (κ2) is 7.92. The van der Waals surface area contributed by atoms with Crippen molar-refractivity contribution in [2.45, 2.75) is 32.2 Å². The van der Waals surface area contributed by atoms with Gasteiger partial charge in [0.15, 0.2) is 5.76 Å². The molecule has 0 aliphatic carbocycles.